The summed E-state index contributed by atoms with van der Waals surface area (Å²) in [5.74, 6) is 1.54. The number of ether oxygens (including phenoxy) is 1. The molecule has 0 saturated heterocycles. The highest BCUT2D eigenvalue weighted by Crippen LogP contribution is 2.24. The Morgan fingerprint density at radius 3 is 2.79 bits per heavy atom. The van der Waals surface area contributed by atoms with Crippen molar-refractivity contribution in [3.8, 4) is 11.4 Å². The van der Waals surface area contributed by atoms with E-state index >= 15 is 0 Å². The van der Waals surface area contributed by atoms with Gasteiger partial charge < -0.3 is 15.0 Å². The summed E-state index contributed by atoms with van der Waals surface area (Å²) in [7, 11) is 1.67. The summed E-state index contributed by atoms with van der Waals surface area (Å²) in [6.45, 7) is 3.58. The van der Waals surface area contributed by atoms with Crippen LogP contribution in [0.3, 0.4) is 0 Å². The molecule has 6 heteroatoms. The first kappa shape index (κ1) is 14.0. The molecule has 0 atom stereocenters. The maximum Gasteiger partial charge on any atom is 0.164 e. The van der Waals surface area contributed by atoms with Crippen molar-refractivity contribution in [3.63, 3.8) is 0 Å². The number of halogens is 1. The highest BCUT2D eigenvalue weighted by atomic mass is 35.5. The zero-order valence-electron chi connectivity index (χ0n) is 11.1. The molecule has 5 nitrogen and oxygen atoms in total. The van der Waals surface area contributed by atoms with Gasteiger partial charge in [-0.2, -0.15) is 0 Å². The molecular weight excluding hydrogens is 264 g/mol. The monoisotopic (exact) mass is 280 g/mol. The van der Waals surface area contributed by atoms with Gasteiger partial charge in [-0.15, -0.1) is 10.2 Å². The minimum Gasteiger partial charge on any atom is -0.383 e. The first-order valence-electron chi connectivity index (χ1n) is 6.05. The number of aromatic nitrogens is 3. The molecule has 0 spiro atoms. The van der Waals surface area contributed by atoms with Crippen molar-refractivity contribution in [2.24, 2.45) is 5.73 Å². The molecular formula is C13H17ClN4O. The number of hydrogen-bond donors (Lipinski definition) is 1. The van der Waals surface area contributed by atoms with Crippen molar-refractivity contribution in [3.05, 3.63) is 34.6 Å². The summed E-state index contributed by atoms with van der Waals surface area (Å²) < 4.78 is 7.09. The lowest BCUT2D eigenvalue weighted by molar-refractivity contribution is 0.186. The Labute approximate surface area is 117 Å². The number of aryl methyl sites for hydroxylation is 1. The van der Waals surface area contributed by atoms with E-state index < -0.39 is 0 Å². The van der Waals surface area contributed by atoms with Crippen molar-refractivity contribution in [1.82, 2.24) is 14.8 Å². The average molecular weight is 281 g/mol. The Balaban J connectivity index is 2.42. The van der Waals surface area contributed by atoms with E-state index in [9.17, 15) is 0 Å². The first-order valence-corrected chi connectivity index (χ1v) is 6.42. The summed E-state index contributed by atoms with van der Waals surface area (Å²) in [4.78, 5) is 0. The summed E-state index contributed by atoms with van der Waals surface area (Å²) in [5.41, 5.74) is 7.67. The molecule has 2 rings (SSSR count). The molecule has 0 saturated carbocycles. The van der Waals surface area contributed by atoms with Crippen LogP contribution in [0.15, 0.2) is 18.2 Å². The van der Waals surface area contributed by atoms with Crippen molar-refractivity contribution in [1.29, 1.82) is 0 Å². The fraction of sp³-hybridized carbons (Fsp3) is 0.385. The topological polar surface area (TPSA) is 66.0 Å². The molecule has 19 heavy (non-hydrogen) atoms. The normalized spacial score (nSPS) is 10.9. The maximum absolute atomic E-state index is 6.04. The van der Waals surface area contributed by atoms with Gasteiger partial charge in [-0.3, -0.25) is 0 Å². The van der Waals surface area contributed by atoms with Gasteiger partial charge in [-0.1, -0.05) is 11.6 Å². The molecule has 0 bridgehead atoms. The van der Waals surface area contributed by atoms with Crippen LogP contribution in [0.5, 0.6) is 0 Å². The second-order valence-electron chi connectivity index (χ2n) is 4.25. The standard InChI is InChI=1S/C13H17ClN4O/c1-9-7-10(3-4-11(9)14)13-17-16-12(8-15)18(13)5-6-19-2/h3-4,7H,5-6,8,15H2,1-2H3. The molecule has 0 aliphatic carbocycles. The predicted molar refractivity (Wildman–Crippen MR) is 75.0 cm³/mol. The number of methoxy groups -OCH3 is 1. The summed E-state index contributed by atoms with van der Waals surface area (Å²) in [6, 6.07) is 5.79. The van der Waals surface area contributed by atoms with Crippen LogP contribution >= 0.6 is 11.6 Å². The van der Waals surface area contributed by atoms with Gasteiger partial charge in [0.1, 0.15) is 5.82 Å². The fourth-order valence-electron chi connectivity index (χ4n) is 1.90. The van der Waals surface area contributed by atoms with Crippen molar-refractivity contribution >= 4 is 11.6 Å². The van der Waals surface area contributed by atoms with Crippen LogP contribution in [0.4, 0.5) is 0 Å². The molecule has 1 aromatic carbocycles. The van der Waals surface area contributed by atoms with E-state index in [0.717, 1.165) is 27.8 Å². The van der Waals surface area contributed by atoms with Gasteiger partial charge in [0.05, 0.1) is 13.2 Å². The Morgan fingerprint density at radius 2 is 2.16 bits per heavy atom. The SMILES string of the molecule is COCCn1c(CN)nnc1-c1ccc(Cl)c(C)c1. The van der Waals surface area contributed by atoms with E-state index in [2.05, 4.69) is 10.2 Å². The smallest absolute Gasteiger partial charge is 0.164 e. The van der Waals surface area contributed by atoms with Crippen LogP contribution in [0, 0.1) is 6.92 Å². The van der Waals surface area contributed by atoms with Crippen LogP contribution in [0.2, 0.25) is 5.02 Å². The number of nitrogens with zero attached hydrogens (tertiary/aromatic N) is 3. The number of hydrogen-bond acceptors (Lipinski definition) is 4. The quantitative estimate of drug-likeness (QED) is 0.910. The lowest BCUT2D eigenvalue weighted by Gasteiger charge is -2.09. The Kier molecular flexibility index (Phi) is 4.52. The van der Waals surface area contributed by atoms with Crippen molar-refractivity contribution in [2.75, 3.05) is 13.7 Å². The molecule has 1 heterocycles. The van der Waals surface area contributed by atoms with Crippen LogP contribution in [0.25, 0.3) is 11.4 Å². The second-order valence-corrected chi connectivity index (χ2v) is 4.66. The van der Waals surface area contributed by atoms with E-state index in [0.29, 0.717) is 19.7 Å². The van der Waals surface area contributed by atoms with Crippen LogP contribution < -0.4 is 5.73 Å². The highest BCUT2D eigenvalue weighted by molar-refractivity contribution is 6.31. The minimum absolute atomic E-state index is 0.350. The lowest BCUT2D eigenvalue weighted by Crippen LogP contribution is -2.12. The number of nitrogens with two attached hydrogens (primary N) is 1. The van der Waals surface area contributed by atoms with E-state index in [1.165, 1.54) is 0 Å². The third-order valence-electron chi connectivity index (χ3n) is 2.95. The molecule has 0 aliphatic heterocycles. The van der Waals surface area contributed by atoms with E-state index in [1.54, 1.807) is 7.11 Å². The fourth-order valence-corrected chi connectivity index (χ4v) is 2.02. The van der Waals surface area contributed by atoms with Crippen molar-refractivity contribution in [2.45, 2.75) is 20.0 Å². The van der Waals surface area contributed by atoms with Gasteiger partial charge in [0.2, 0.25) is 0 Å². The average Bonchev–Trinajstić information content (AvgIpc) is 2.82. The number of rotatable bonds is 5. The second kappa shape index (κ2) is 6.14. The van der Waals surface area contributed by atoms with Gasteiger partial charge >= 0.3 is 0 Å². The molecule has 0 unspecified atom stereocenters. The zero-order valence-corrected chi connectivity index (χ0v) is 11.8. The summed E-state index contributed by atoms with van der Waals surface area (Å²) in [6.07, 6.45) is 0. The van der Waals surface area contributed by atoms with Crippen molar-refractivity contribution < 1.29 is 4.74 Å². The Morgan fingerprint density at radius 1 is 1.37 bits per heavy atom. The maximum atomic E-state index is 6.04. The summed E-state index contributed by atoms with van der Waals surface area (Å²) >= 11 is 6.04. The molecule has 2 N–H and O–H groups in total. The van der Waals surface area contributed by atoms with E-state index in [1.807, 2.05) is 29.7 Å². The largest absolute Gasteiger partial charge is 0.383 e. The zero-order chi connectivity index (χ0) is 13.8. The van der Waals surface area contributed by atoms with Gasteiger partial charge in [-0.25, -0.2) is 0 Å². The van der Waals surface area contributed by atoms with Crippen LogP contribution in [-0.2, 0) is 17.8 Å². The van der Waals surface area contributed by atoms with Gasteiger partial charge in [0.25, 0.3) is 0 Å². The Hall–Kier alpha value is -1.43. The molecule has 0 radical (unpaired) electrons. The first-order chi connectivity index (χ1) is 9.17. The van der Waals surface area contributed by atoms with Gasteiger partial charge in [0.15, 0.2) is 5.82 Å². The number of benzene rings is 1. The highest BCUT2D eigenvalue weighted by Gasteiger charge is 2.13. The molecule has 0 aliphatic rings. The van der Waals surface area contributed by atoms with Gasteiger partial charge in [0, 0.05) is 24.2 Å². The molecule has 2 aromatic rings. The molecule has 102 valence electrons. The Bertz CT molecular complexity index is 568. The third kappa shape index (κ3) is 2.94. The minimum atomic E-state index is 0.350. The molecule has 0 amide bonds. The predicted octanol–water partition coefficient (Wildman–Crippen LogP) is 2.01. The third-order valence-corrected chi connectivity index (χ3v) is 3.37. The van der Waals surface area contributed by atoms with E-state index in [4.69, 9.17) is 22.1 Å². The molecule has 1 aromatic heterocycles. The van der Waals surface area contributed by atoms with E-state index in [-0.39, 0.29) is 0 Å². The lowest BCUT2D eigenvalue weighted by atomic mass is 10.1. The summed E-state index contributed by atoms with van der Waals surface area (Å²) in [5, 5.41) is 9.07. The van der Waals surface area contributed by atoms with Gasteiger partial charge in [-0.05, 0) is 30.7 Å². The molecule has 0 fully saturated rings. The van der Waals surface area contributed by atoms with Crippen LogP contribution in [-0.4, -0.2) is 28.5 Å². The van der Waals surface area contributed by atoms with Crippen LogP contribution in [0.1, 0.15) is 11.4 Å².